The van der Waals surface area contributed by atoms with Crippen molar-refractivity contribution in [2.45, 2.75) is 133 Å². The molecule has 15 heteroatoms. The summed E-state index contributed by atoms with van der Waals surface area (Å²) in [5.41, 5.74) is 0. The number of aliphatic hydroxyl groups excluding tert-OH is 5. The maximum Gasteiger partial charge on any atom is 0.330 e. The first-order valence-electron chi connectivity index (χ1n) is 17.2. The van der Waals surface area contributed by atoms with Gasteiger partial charge in [0, 0.05) is 38.2 Å². The average Bonchev–Trinajstić information content (AvgIpc) is 3.01. The van der Waals surface area contributed by atoms with Crippen molar-refractivity contribution in [3.63, 3.8) is 0 Å². The maximum atomic E-state index is 12.3. The van der Waals surface area contributed by atoms with Crippen LogP contribution < -0.4 is 5.32 Å². The van der Waals surface area contributed by atoms with Crippen molar-refractivity contribution >= 4 is 17.8 Å². The maximum absolute atomic E-state index is 12.3. The second kappa shape index (κ2) is 19.5. The van der Waals surface area contributed by atoms with Gasteiger partial charge in [-0.15, -0.1) is 0 Å². The van der Waals surface area contributed by atoms with Gasteiger partial charge in [-0.25, -0.2) is 4.79 Å². The van der Waals surface area contributed by atoms with E-state index in [9.17, 15) is 50.1 Å². The molecule has 2 saturated heterocycles. The highest BCUT2D eigenvalue weighted by Gasteiger charge is 2.51. The first-order valence-corrected chi connectivity index (χ1v) is 17.2. The number of esters is 1. The first-order chi connectivity index (χ1) is 24.0. The van der Waals surface area contributed by atoms with E-state index in [1.165, 1.54) is 32.1 Å². The van der Waals surface area contributed by atoms with Crippen molar-refractivity contribution in [1.29, 1.82) is 0 Å². The minimum Gasteiger partial charge on any atom is -0.481 e. The Hall–Kier alpha value is -3.25. The van der Waals surface area contributed by atoms with Crippen LogP contribution in [-0.4, -0.2) is 127 Å². The predicted molar refractivity (Wildman–Crippen MR) is 181 cm³/mol. The molecule has 286 valence electrons. The fourth-order valence-corrected chi connectivity index (χ4v) is 6.24. The van der Waals surface area contributed by atoms with Crippen LogP contribution in [0.1, 0.15) is 59.8 Å². The van der Waals surface area contributed by atoms with Gasteiger partial charge >= 0.3 is 11.9 Å². The lowest BCUT2D eigenvalue weighted by molar-refractivity contribution is -0.308. The number of hydrogen-bond donors (Lipinski definition) is 8. The fraction of sp³-hybridized carbons (Fsp3) is 0.639. The molecule has 3 heterocycles. The third-order valence-electron chi connectivity index (χ3n) is 9.09. The first kappa shape index (κ1) is 42.2. The van der Waals surface area contributed by atoms with E-state index in [1.54, 1.807) is 43.4 Å². The number of cyclic esters (lactones) is 1. The zero-order valence-corrected chi connectivity index (χ0v) is 29.3. The summed E-state index contributed by atoms with van der Waals surface area (Å²) >= 11 is 0. The van der Waals surface area contributed by atoms with Crippen molar-refractivity contribution in [2.75, 3.05) is 0 Å². The predicted octanol–water partition coefficient (Wildman–Crippen LogP) is 0.527. The second-order valence-electron chi connectivity index (χ2n) is 13.5. The van der Waals surface area contributed by atoms with Crippen LogP contribution in [0.4, 0.5) is 0 Å². The van der Waals surface area contributed by atoms with Crippen molar-refractivity contribution in [1.82, 2.24) is 5.32 Å². The molecule has 1 amide bonds. The summed E-state index contributed by atoms with van der Waals surface area (Å²) in [7, 11) is 0. The number of aliphatic hydroxyl groups is 6. The van der Waals surface area contributed by atoms with Gasteiger partial charge in [-0.2, -0.15) is 0 Å². The molecule has 0 saturated carbocycles. The number of aliphatic carboxylic acids is 1. The number of nitrogens with one attached hydrogen (secondary N) is 1. The number of ether oxygens (including phenoxy) is 4. The van der Waals surface area contributed by atoms with Crippen LogP contribution in [0.3, 0.4) is 0 Å². The molecule has 2 bridgehead atoms. The summed E-state index contributed by atoms with van der Waals surface area (Å²) in [6.45, 7) is 6.38. The van der Waals surface area contributed by atoms with Crippen molar-refractivity contribution < 1.29 is 69.1 Å². The topological polar surface area (TPSA) is 242 Å². The van der Waals surface area contributed by atoms with Gasteiger partial charge in [0.05, 0.1) is 42.7 Å². The van der Waals surface area contributed by atoms with E-state index in [2.05, 4.69) is 5.32 Å². The Balaban J connectivity index is 1.95. The van der Waals surface area contributed by atoms with Gasteiger partial charge in [0.15, 0.2) is 12.1 Å². The number of carboxylic acids is 1. The van der Waals surface area contributed by atoms with Gasteiger partial charge in [0.25, 0.3) is 0 Å². The number of fused-ring (bicyclic) bond motifs is 2. The van der Waals surface area contributed by atoms with Crippen molar-refractivity contribution in [3.05, 3.63) is 60.8 Å². The van der Waals surface area contributed by atoms with E-state index in [0.717, 1.165) is 0 Å². The normalized spacial score (nSPS) is 43.7. The smallest absolute Gasteiger partial charge is 0.330 e. The van der Waals surface area contributed by atoms with Gasteiger partial charge in [0.2, 0.25) is 5.91 Å². The summed E-state index contributed by atoms with van der Waals surface area (Å²) in [6.07, 6.45) is 2.47. The third-order valence-corrected chi connectivity index (χ3v) is 9.09. The molecule has 51 heavy (non-hydrogen) atoms. The molecule has 0 aliphatic carbocycles. The minimum atomic E-state index is -2.21. The summed E-state index contributed by atoms with van der Waals surface area (Å²) in [6, 6.07) is -1.15. The largest absolute Gasteiger partial charge is 0.481 e. The molecule has 8 N–H and O–H groups in total. The quantitative estimate of drug-likeness (QED) is 0.185. The fourth-order valence-electron chi connectivity index (χ4n) is 6.24. The SMILES string of the molecule is CC(=O)N[C@H]1[C@H](O)[C@@H](O[C@H]2/C=C/C=C/C=C/C=C/[C@H](C)[C@@H](C)OC(=O)/C=C/C[C@@H](O)C[C@@H](O)C[C@@]3(O)C[C@@H](O)[C@H](C(=O)O)[C@@H](C2)O3)O[C@@H](C)[C@@H]1O. The van der Waals surface area contributed by atoms with Crippen molar-refractivity contribution in [2.24, 2.45) is 11.8 Å². The molecule has 3 aliphatic rings. The number of amides is 1. The summed E-state index contributed by atoms with van der Waals surface area (Å²) in [4.78, 5) is 36.4. The Morgan fingerprint density at radius 1 is 0.882 bits per heavy atom. The molecule has 3 rings (SSSR count). The lowest BCUT2D eigenvalue weighted by Gasteiger charge is -2.45. The van der Waals surface area contributed by atoms with Gasteiger partial charge in [-0.05, 0) is 26.7 Å². The van der Waals surface area contributed by atoms with Crippen LogP contribution in [-0.2, 0) is 33.3 Å². The summed E-state index contributed by atoms with van der Waals surface area (Å²) in [5.74, 6) is -6.38. The van der Waals surface area contributed by atoms with Crippen LogP contribution >= 0.6 is 0 Å². The average molecular weight is 724 g/mol. The molecule has 15 nitrogen and oxygen atoms in total. The standard InChI is InChI=1S/C36H53NO14/c1-20-12-9-7-5-6-8-10-14-26(50-35-33(44)31(37-23(4)38)32(43)22(3)49-35)17-28-30(34(45)46)27(41)19-36(47,51-28)18-25(40)16-24(39)13-11-15-29(42)48-21(20)2/h5-12,14-15,20-22,24-28,30-33,35,39-41,43-44,47H,13,16-19H2,1-4H3,(H,37,38)(H,45,46)/b7-5+,8-6+,12-9+,14-10+,15-11+/t20-,21+,22-,24+,25+,26-,27+,28+,30-,31+,32-,33-,35+,36-/m0/s1. The Morgan fingerprint density at radius 3 is 2.18 bits per heavy atom. The van der Waals surface area contributed by atoms with Gasteiger partial charge in [-0.3, -0.25) is 9.59 Å². The molecule has 0 aromatic carbocycles. The number of allylic oxidation sites excluding steroid dienone is 6. The van der Waals surface area contributed by atoms with Crippen molar-refractivity contribution in [3.8, 4) is 0 Å². The third kappa shape index (κ3) is 13.0. The van der Waals surface area contributed by atoms with E-state index in [-0.39, 0.29) is 25.2 Å². The van der Waals surface area contributed by atoms with E-state index in [0.29, 0.717) is 0 Å². The molecular weight excluding hydrogens is 670 g/mol. The molecule has 0 spiro atoms. The lowest BCUT2D eigenvalue weighted by Crippen LogP contribution is -2.64. The number of rotatable bonds is 4. The molecule has 2 fully saturated rings. The van der Waals surface area contributed by atoms with Gasteiger partial charge < -0.3 is 60.0 Å². The van der Waals surface area contributed by atoms with Crippen LogP contribution in [0.2, 0.25) is 0 Å². The molecular formula is C36H53NO14. The number of carbonyl (C=O) groups excluding carboxylic acids is 2. The van der Waals surface area contributed by atoms with Crippen LogP contribution in [0.25, 0.3) is 0 Å². The molecule has 14 atom stereocenters. The second-order valence-corrected chi connectivity index (χ2v) is 13.5. The molecule has 0 aromatic heterocycles. The van der Waals surface area contributed by atoms with E-state index in [1.807, 2.05) is 13.0 Å². The molecule has 3 aliphatic heterocycles. The Labute approximate surface area is 297 Å². The van der Waals surface area contributed by atoms with E-state index in [4.69, 9.17) is 18.9 Å². The Kier molecular flexibility index (Phi) is 16.2. The Bertz CT molecular complexity index is 1310. The number of carboxylic acid groups (broad SMARTS) is 1. The number of carbonyl (C=O) groups is 3. The highest BCUT2D eigenvalue weighted by atomic mass is 16.7. The summed E-state index contributed by atoms with van der Waals surface area (Å²) in [5, 5.41) is 77.7. The van der Waals surface area contributed by atoms with Crippen LogP contribution in [0, 0.1) is 11.8 Å². The van der Waals surface area contributed by atoms with Gasteiger partial charge in [-0.1, -0.05) is 61.6 Å². The minimum absolute atomic E-state index is 0.0151. The zero-order valence-electron chi connectivity index (χ0n) is 29.3. The van der Waals surface area contributed by atoms with Crippen LogP contribution in [0.5, 0.6) is 0 Å². The molecule has 0 aromatic rings. The van der Waals surface area contributed by atoms with Crippen LogP contribution in [0.15, 0.2) is 60.8 Å². The molecule has 0 unspecified atom stereocenters. The lowest BCUT2D eigenvalue weighted by atomic mass is 9.83. The summed E-state index contributed by atoms with van der Waals surface area (Å²) < 4.78 is 23.1. The zero-order chi connectivity index (χ0) is 37.9. The Morgan fingerprint density at radius 2 is 1.53 bits per heavy atom. The van der Waals surface area contributed by atoms with E-state index >= 15 is 0 Å². The highest BCUT2D eigenvalue weighted by Crippen LogP contribution is 2.38. The highest BCUT2D eigenvalue weighted by molar-refractivity contribution is 5.82. The van der Waals surface area contributed by atoms with Gasteiger partial charge in [0.1, 0.15) is 24.2 Å². The van der Waals surface area contributed by atoms with E-state index < -0.39 is 110 Å². The molecule has 0 radical (unpaired) electrons. The number of hydrogen-bond acceptors (Lipinski definition) is 13. The monoisotopic (exact) mass is 723 g/mol.